The summed E-state index contributed by atoms with van der Waals surface area (Å²) in [6, 6.07) is 21.9. The van der Waals surface area contributed by atoms with E-state index in [1.165, 1.54) is 7.11 Å². The van der Waals surface area contributed by atoms with Crippen molar-refractivity contribution in [1.82, 2.24) is 9.97 Å². The van der Waals surface area contributed by atoms with Gasteiger partial charge in [0.25, 0.3) is 5.56 Å². The van der Waals surface area contributed by atoms with Gasteiger partial charge in [0.15, 0.2) is 0 Å². The van der Waals surface area contributed by atoms with Crippen molar-refractivity contribution in [2.75, 3.05) is 7.11 Å². The molecule has 6 heteroatoms. The fourth-order valence-corrected chi connectivity index (χ4v) is 3.06. The molecule has 0 radical (unpaired) electrons. The fourth-order valence-electron chi connectivity index (χ4n) is 3.06. The Hall–Kier alpha value is -4.19. The van der Waals surface area contributed by atoms with Gasteiger partial charge in [-0.3, -0.25) is 4.79 Å². The summed E-state index contributed by atoms with van der Waals surface area (Å²) in [5.74, 6) is 0.866. The van der Waals surface area contributed by atoms with Gasteiger partial charge in [-0.2, -0.15) is 0 Å². The highest BCUT2D eigenvalue weighted by atomic mass is 16.5. The summed E-state index contributed by atoms with van der Waals surface area (Å²) in [5.41, 5.74) is 2.90. The lowest BCUT2D eigenvalue weighted by molar-refractivity contribution is 0.0600. The number of carbonyl (C=O) groups excluding carboxylic acids is 1. The zero-order valence-electron chi connectivity index (χ0n) is 16.9. The fraction of sp³-hybridized carbons (Fsp3) is 0.0800. The average Bonchev–Trinajstić information content (AvgIpc) is 2.82. The molecule has 0 amide bonds. The summed E-state index contributed by atoms with van der Waals surface area (Å²) >= 11 is 0. The second kappa shape index (κ2) is 9.09. The van der Waals surface area contributed by atoms with Crippen LogP contribution in [0.25, 0.3) is 23.1 Å². The highest BCUT2D eigenvalue weighted by Gasteiger charge is 2.05. The lowest BCUT2D eigenvalue weighted by Gasteiger charge is -2.07. The van der Waals surface area contributed by atoms with E-state index in [-0.39, 0.29) is 11.5 Å². The number of aromatic nitrogens is 2. The van der Waals surface area contributed by atoms with Crippen LogP contribution in [0.4, 0.5) is 0 Å². The Balaban J connectivity index is 1.39. The second-order valence-corrected chi connectivity index (χ2v) is 6.85. The molecule has 31 heavy (non-hydrogen) atoms. The van der Waals surface area contributed by atoms with Gasteiger partial charge < -0.3 is 14.5 Å². The van der Waals surface area contributed by atoms with Crippen LogP contribution in [-0.2, 0) is 11.3 Å². The largest absolute Gasteiger partial charge is 0.489 e. The van der Waals surface area contributed by atoms with Crippen LogP contribution in [0.1, 0.15) is 27.3 Å². The number of carbonyl (C=O) groups is 1. The number of para-hydroxylation sites is 1. The van der Waals surface area contributed by atoms with Gasteiger partial charge in [0.05, 0.1) is 23.6 Å². The predicted molar refractivity (Wildman–Crippen MR) is 120 cm³/mol. The van der Waals surface area contributed by atoms with Crippen molar-refractivity contribution in [2.24, 2.45) is 0 Å². The highest BCUT2D eigenvalue weighted by Crippen LogP contribution is 2.16. The van der Waals surface area contributed by atoms with Crippen LogP contribution in [0.5, 0.6) is 5.75 Å². The van der Waals surface area contributed by atoms with Crippen LogP contribution >= 0.6 is 0 Å². The Bertz CT molecular complexity index is 1290. The third-order valence-electron chi connectivity index (χ3n) is 4.73. The number of nitrogens with one attached hydrogen (secondary N) is 1. The summed E-state index contributed by atoms with van der Waals surface area (Å²) < 4.78 is 10.5. The van der Waals surface area contributed by atoms with Crippen molar-refractivity contribution < 1.29 is 14.3 Å². The maximum Gasteiger partial charge on any atom is 0.337 e. The number of methoxy groups -OCH3 is 1. The number of aromatic amines is 1. The van der Waals surface area contributed by atoms with Crippen LogP contribution in [0, 0.1) is 0 Å². The number of fused-ring (bicyclic) bond motifs is 1. The third kappa shape index (κ3) is 4.87. The van der Waals surface area contributed by atoms with Crippen molar-refractivity contribution in [3.63, 3.8) is 0 Å². The Morgan fingerprint density at radius 3 is 2.45 bits per heavy atom. The molecule has 0 saturated heterocycles. The monoisotopic (exact) mass is 412 g/mol. The lowest BCUT2D eigenvalue weighted by atomic mass is 10.1. The summed E-state index contributed by atoms with van der Waals surface area (Å²) in [5, 5.41) is 0.570. The summed E-state index contributed by atoms with van der Waals surface area (Å²) in [6.45, 7) is 0.388. The number of hydrogen-bond acceptors (Lipinski definition) is 5. The number of esters is 1. The average molecular weight is 412 g/mol. The van der Waals surface area contributed by atoms with Crippen molar-refractivity contribution in [2.45, 2.75) is 6.61 Å². The molecule has 1 heterocycles. The molecule has 0 atom stereocenters. The zero-order valence-corrected chi connectivity index (χ0v) is 16.9. The first-order chi connectivity index (χ1) is 15.1. The summed E-state index contributed by atoms with van der Waals surface area (Å²) in [4.78, 5) is 30.9. The van der Waals surface area contributed by atoms with Crippen molar-refractivity contribution in [3.8, 4) is 5.75 Å². The molecule has 3 aromatic carbocycles. The van der Waals surface area contributed by atoms with Gasteiger partial charge in [-0.15, -0.1) is 0 Å². The van der Waals surface area contributed by atoms with Crippen LogP contribution < -0.4 is 10.3 Å². The molecule has 1 N–H and O–H groups in total. The van der Waals surface area contributed by atoms with Gasteiger partial charge in [0, 0.05) is 0 Å². The molecule has 154 valence electrons. The van der Waals surface area contributed by atoms with E-state index in [0.29, 0.717) is 28.9 Å². The van der Waals surface area contributed by atoms with Gasteiger partial charge in [-0.05, 0) is 53.6 Å². The number of nitrogens with zero attached hydrogens (tertiary/aromatic N) is 1. The minimum atomic E-state index is -0.362. The molecule has 4 aromatic rings. The standard InChI is InChI=1S/C25H20N2O4/c1-30-25(29)19-11-6-18(7-12-19)16-31-20-13-8-17(9-14-20)10-15-23-26-22-5-3-2-4-21(22)24(28)27-23/h2-15H,16H2,1H3,(H,26,27,28)/b15-10+. The first kappa shape index (κ1) is 20.1. The second-order valence-electron chi connectivity index (χ2n) is 6.85. The molecular formula is C25H20N2O4. The molecule has 0 aliphatic rings. The number of ether oxygens (including phenoxy) is 2. The molecule has 6 nitrogen and oxygen atoms in total. The number of hydrogen-bond donors (Lipinski definition) is 1. The molecule has 4 rings (SSSR count). The Morgan fingerprint density at radius 2 is 1.71 bits per heavy atom. The van der Waals surface area contributed by atoms with E-state index < -0.39 is 0 Å². The molecule has 0 aliphatic carbocycles. The van der Waals surface area contributed by atoms with E-state index in [4.69, 9.17) is 9.47 Å². The minimum absolute atomic E-state index is 0.159. The molecular weight excluding hydrogens is 392 g/mol. The predicted octanol–water partition coefficient (Wildman–Crippen LogP) is 4.46. The van der Waals surface area contributed by atoms with E-state index in [1.807, 2.05) is 60.7 Å². The Morgan fingerprint density at radius 1 is 0.968 bits per heavy atom. The van der Waals surface area contributed by atoms with E-state index in [1.54, 1.807) is 24.3 Å². The number of benzene rings is 3. The molecule has 0 unspecified atom stereocenters. The Labute approximate surface area is 178 Å². The van der Waals surface area contributed by atoms with E-state index in [2.05, 4.69) is 9.97 Å². The molecule has 0 saturated carbocycles. The van der Waals surface area contributed by atoms with Crippen molar-refractivity contribution in [1.29, 1.82) is 0 Å². The first-order valence-corrected chi connectivity index (χ1v) is 9.69. The normalized spacial score (nSPS) is 11.0. The summed E-state index contributed by atoms with van der Waals surface area (Å²) in [7, 11) is 1.36. The van der Waals surface area contributed by atoms with Crippen LogP contribution in [0.2, 0.25) is 0 Å². The number of H-pyrrole nitrogens is 1. The van der Waals surface area contributed by atoms with Crippen LogP contribution in [0.3, 0.4) is 0 Å². The van der Waals surface area contributed by atoms with Gasteiger partial charge in [-0.1, -0.05) is 42.5 Å². The lowest BCUT2D eigenvalue weighted by Crippen LogP contribution is -2.09. The van der Waals surface area contributed by atoms with E-state index >= 15 is 0 Å². The smallest absolute Gasteiger partial charge is 0.337 e. The Kier molecular flexibility index (Phi) is 5.89. The molecule has 0 spiro atoms. The van der Waals surface area contributed by atoms with Crippen molar-refractivity contribution in [3.05, 3.63) is 106 Å². The number of rotatable bonds is 6. The van der Waals surface area contributed by atoms with Gasteiger partial charge >= 0.3 is 5.97 Å². The zero-order chi connectivity index (χ0) is 21.6. The molecule has 0 fully saturated rings. The molecule has 0 bridgehead atoms. The van der Waals surface area contributed by atoms with E-state index in [9.17, 15) is 9.59 Å². The topological polar surface area (TPSA) is 81.3 Å². The highest BCUT2D eigenvalue weighted by molar-refractivity contribution is 5.89. The van der Waals surface area contributed by atoms with Gasteiger partial charge in [-0.25, -0.2) is 9.78 Å². The first-order valence-electron chi connectivity index (χ1n) is 9.69. The quantitative estimate of drug-likeness (QED) is 0.473. The van der Waals surface area contributed by atoms with Crippen LogP contribution in [0.15, 0.2) is 77.6 Å². The molecule has 0 aliphatic heterocycles. The van der Waals surface area contributed by atoms with Crippen LogP contribution in [-0.4, -0.2) is 23.0 Å². The third-order valence-corrected chi connectivity index (χ3v) is 4.73. The van der Waals surface area contributed by atoms with Crippen molar-refractivity contribution >= 4 is 29.0 Å². The van der Waals surface area contributed by atoms with Gasteiger partial charge in [0.1, 0.15) is 18.2 Å². The maximum atomic E-state index is 12.1. The summed E-state index contributed by atoms with van der Waals surface area (Å²) in [6.07, 6.45) is 3.65. The maximum absolute atomic E-state index is 12.1. The van der Waals surface area contributed by atoms with E-state index in [0.717, 1.165) is 16.9 Å². The SMILES string of the molecule is COC(=O)c1ccc(COc2ccc(/C=C/c3nc4ccccc4c(=O)[nH]3)cc2)cc1. The minimum Gasteiger partial charge on any atom is -0.489 e. The molecule has 1 aromatic heterocycles. The van der Waals surface area contributed by atoms with Gasteiger partial charge in [0.2, 0.25) is 0 Å².